The van der Waals surface area contributed by atoms with Crippen LogP contribution in [-0.4, -0.2) is 53.6 Å². The molecule has 2 aliphatic rings. The first-order chi connectivity index (χ1) is 14.1. The summed E-state index contributed by atoms with van der Waals surface area (Å²) in [5.74, 6) is 1.10. The molecule has 0 aliphatic carbocycles. The van der Waals surface area contributed by atoms with Crippen LogP contribution in [0, 0.1) is 11.3 Å². The molecule has 6 nitrogen and oxygen atoms in total. The molecule has 4 rings (SSSR count). The van der Waals surface area contributed by atoms with Gasteiger partial charge in [0.05, 0.1) is 11.0 Å². The number of piperazine rings is 1. The highest BCUT2D eigenvalue weighted by Gasteiger charge is 2.28. The first-order valence-corrected chi connectivity index (χ1v) is 10.5. The zero-order valence-corrected chi connectivity index (χ0v) is 17.2. The summed E-state index contributed by atoms with van der Waals surface area (Å²) in [6.07, 6.45) is 2.29. The zero-order chi connectivity index (χ0) is 20.2. The van der Waals surface area contributed by atoms with Crippen molar-refractivity contribution in [3.05, 3.63) is 52.1 Å². The van der Waals surface area contributed by atoms with E-state index in [-0.39, 0.29) is 5.91 Å². The van der Waals surface area contributed by atoms with E-state index in [1.165, 1.54) is 11.8 Å². The van der Waals surface area contributed by atoms with Crippen molar-refractivity contribution in [2.24, 2.45) is 4.99 Å². The maximum Gasteiger partial charge on any atom is 0.286 e. The van der Waals surface area contributed by atoms with Crippen molar-refractivity contribution in [3.63, 3.8) is 0 Å². The van der Waals surface area contributed by atoms with Crippen LogP contribution in [0.25, 0.3) is 17.4 Å². The Hall–Kier alpha value is -2.53. The van der Waals surface area contributed by atoms with Gasteiger partial charge in [-0.3, -0.25) is 9.69 Å². The first-order valence-electron chi connectivity index (χ1n) is 9.35. The maximum absolute atomic E-state index is 12.3. The van der Waals surface area contributed by atoms with Gasteiger partial charge < -0.3 is 9.32 Å². The van der Waals surface area contributed by atoms with Gasteiger partial charge in [0, 0.05) is 55.8 Å². The van der Waals surface area contributed by atoms with Crippen LogP contribution in [0.4, 0.5) is 0 Å². The van der Waals surface area contributed by atoms with Crippen molar-refractivity contribution in [1.82, 2.24) is 9.80 Å². The van der Waals surface area contributed by atoms with Gasteiger partial charge in [-0.15, -0.1) is 0 Å². The number of nitrogens with zero attached hydrogens (tertiary/aromatic N) is 4. The lowest BCUT2D eigenvalue weighted by atomic mass is 10.2. The third-order valence-corrected chi connectivity index (χ3v) is 6.12. The largest absolute Gasteiger partial charge is 0.457 e. The second-order valence-electron chi connectivity index (χ2n) is 6.76. The minimum absolute atomic E-state index is 0.235. The molecule has 1 aromatic heterocycles. The van der Waals surface area contributed by atoms with Gasteiger partial charge in [0.1, 0.15) is 11.5 Å². The van der Waals surface area contributed by atoms with Crippen molar-refractivity contribution in [2.75, 3.05) is 32.7 Å². The average Bonchev–Trinajstić information content (AvgIpc) is 3.35. The number of amidine groups is 1. The smallest absolute Gasteiger partial charge is 0.286 e. The zero-order valence-electron chi connectivity index (χ0n) is 15.7. The van der Waals surface area contributed by atoms with E-state index < -0.39 is 0 Å². The summed E-state index contributed by atoms with van der Waals surface area (Å²) >= 11 is 7.31. The minimum Gasteiger partial charge on any atom is -0.457 e. The van der Waals surface area contributed by atoms with E-state index in [0.29, 0.717) is 22.1 Å². The van der Waals surface area contributed by atoms with Crippen LogP contribution in [0.2, 0.25) is 5.02 Å². The van der Waals surface area contributed by atoms with Crippen molar-refractivity contribution < 1.29 is 9.21 Å². The second kappa shape index (κ2) is 8.87. The maximum atomic E-state index is 12.3. The number of halogens is 1. The number of nitriles is 1. The lowest BCUT2D eigenvalue weighted by Gasteiger charge is -2.34. The number of furan rings is 1. The fourth-order valence-corrected chi connectivity index (χ4v) is 4.30. The number of amides is 1. The molecule has 1 fully saturated rings. The Bertz CT molecular complexity index is 998. The second-order valence-corrected chi connectivity index (χ2v) is 8.20. The van der Waals surface area contributed by atoms with Crippen molar-refractivity contribution in [3.8, 4) is 17.4 Å². The van der Waals surface area contributed by atoms with Crippen LogP contribution >= 0.6 is 23.4 Å². The lowest BCUT2D eigenvalue weighted by Crippen LogP contribution is -2.47. The van der Waals surface area contributed by atoms with Crippen LogP contribution in [0.1, 0.15) is 12.2 Å². The van der Waals surface area contributed by atoms with Crippen LogP contribution in [-0.2, 0) is 4.79 Å². The van der Waals surface area contributed by atoms with Gasteiger partial charge >= 0.3 is 0 Å². The van der Waals surface area contributed by atoms with Gasteiger partial charge in [-0.1, -0.05) is 11.6 Å². The SMILES string of the molecule is N#CCCN1CCN(C2=NC(=O)C(=Cc3ccc(-c4ccc(Cl)cc4)o3)S2)CC1. The first kappa shape index (κ1) is 19.8. The van der Waals surface area contributed by atoms with Crippen LogP contribution in [0.3, 0.4) is 0 Å². The number of rotatable bonds is 4. The van der Waals surface area contributed by atoms with Gasteiger partial charge in [0.2, 0.25) is 0 Å². The quantitative estimate of drug-likeness (QED) is 0.685. The molecule has 0 unspecified atom stereocenters. The van der Waals surface area contributed by atoms with Gasteiger partial charge in [-0.25, -0.2) is 0 Å². The molecule has 2 aromatic rings. The van der Waals surface area contributed by atoms with Crippen molar-refractivity contribution in [1.29, 1.82) is 5.26 Å². The molecule has 1 aromatic carbocycles. The molecule has 0 N–H and O–H groups in total. The number of thioether (sulfide) groups is 1. The molecule has 0 spiro atoms. The molecular weight excluding hydrogens is 408 g/mol. The molecule has 0 radical (unpaired) electrons. The molecule has 148 valence electrons. The van der Waals surface area contributed by atoms with Crippen LogP contribution in [0.5, 0.6) is 0 Å². The molecule has 0 saturated carbocycles. The topological polar surface area (TPSA) is 72.8 Å². The predicted molar refractivity (Wildman–Crippen MR) is 115 cm³/mol. The number of carbonyl (C=O) groups excluding carboxylic acids is 1. The van der Waals surface area contributed by atoms with Gasteiger partial charge in [-0.2, -0.15) is 10.3 Å². The fraction of sp³-hybridized carbons (Fsp3) is 0.286. The number of benzene rings is 1. The summed E-state index contributed by atoms with van der Waals surface area (Å²) in [6.45, 7) is 4.15. The predicted octanol–water partition coefficient (Wildman–Crippen LogP) is 4.10. The Morgan fingerprint density at radius 2 is 1.93 bits per heavy atom. The minimum atomic E-state index is -0.235. The summed E-state index contributed by atoms with van der Waals surface area (Å²) in [4.78, 5) is 21.5. The lowest BCUT2D eigenvalue weighted by molar-refractivity contribution is -0.113. The highest BCUT2D eigenvalue weighted by Crippen LogP contribution is 2.32. The normalized spacial score (nSPS) is 18.9. The van der Waals surface area contributed by atoms with Crippen molar-refractivity contribution >= 4 is 40.5 Å². The number of hydrogen-bond acceptors (Lipinski definition) is 6. The molecule has 0 bridgehead atoms. The molecule has 29 heavy (non-hydrogen) atoms. The molecule has 0 atom stereocenters. The van der Waals surface area contributed by atoms with Crippen LogP contribution < -0.4 is 0 Å². The third-order valence-electron chi connectivity index (χ3n) is 4.82. The molecule has 1 saturated heterocycles. The summed E-state index contributed by atoms with van der Waals surface area (Å²) in [6, 6.07) is 13.3. The van der Waals surface area contributed by atoms with E-state index in [0.717, 1.165) is 49.2 Å². The molecule has 1 amide bonds. The van der Waals surface area contributed by atoms with E-state index >= 15 is 0 Å². The van der Waals surface area contributed by atoms with E-state index in [1.807, 2.05) is 36.4 Å². The number of aliphatic imine (C=N–C) groups is 1. The summed E-state index contributed by atoms with van der Waals surface area (Å²) < 4.78 is 5.87. The Morgan fingerprint density at radius 1 is 1.17 bits per heavy atom. The monoisotopic (exact) mass is 426 g/mol. The van der Waals surface area contributed by atoms with E-state index in [4.69, 9.17) is 21.3 Å². The van der Waals surface area contributed by atoms with Crippen LogP contribution in [0.15, 0.2) is 50.7 Å². The molecule has 3 heterocycles. The van der Waals surface area contributed by atoms with E-state index in [1.54, 1.807) is 6.08 Å². The van der Waals surface area contributed by atoms with Crippen molar-refractivity contribution in [2.45, 2.75) is 6.42 Å². The highest BCUT2D eigenvalue weighted by molar-refractivity contribution is 8.18. The molecule has 2 aliphatic heterocycles. The Labute approximate surface area is 178 Å². The summed E-state index contributed by atoms with van der Waals surface area (Å²) in [7, 11) is 0. The average molecular weight is 427 g/mol. The van der Waals surface area contributed by atoms with Gasteiger partial charge in [0.25, 0.3) is 5.91 Å². The Morgan fingerprint density at radius 3 is 2.66 bits per heavy atom. The highest BCUT2D eigenvalue weighted by atomic mass is 35.5. The van der Waals surface area contributed by atoms with Gasteiger partial charge in [-0.05, 0) is 48.2 Å². The summed E-state index contributed by atoms with van der Waals surface area (Å²) in [5, 5.41) is 10.1. The Kier molecular flexibility index (Phi) is 6.05. The number of carbonyl (C=O) groups is 1. The van der Waals surface area contributed by atoms with E-state index in [9.17, 15) is 4.79 Å². The molecular formula is C21H19ClN4O2S. The summed E-state index contributed by atoms with van der Waals surface area (Å²) in [5.41, 5.74) is 0.927. The van der Waals surface area contributed by atoms with Gasteiger partial charge in [0.15, 0.2) is 5.17 Å². The van der Waals surface area contributed by atoms with E-state index in [2.05, 4.69) is 20.9 Å². The molecule has 8 heteroatoms. The fourth-order valence-electron chi connectivity index (χ4n) is 3.23. The number of hydrogen-bond donors (Lipinski definition) is 0. The Balaban J connectivity index is 1.39. The standard InChI is InChI=1S/C21H19ClN4O2S/c22-16-4-2-15(3-5-16)18-7-6-17(28-18)14-19-20(27)24-21(29-19)26-12-10-25(11-13-26)9-1-8-23/h2-7,14H,1,9-13H2. The third kappa shape index (κ3) is 4.73.